The normalized spacial score (nSPS) is 12.2. The highest BCUT2D eigenvalue weighted by atomic mass is 19.4. The van der Waals surface area contributed by atoms with Gasteiger partial charge >= 0.3 is 6.18 Å². The van der Waals surface area contributed by atoms with Gasteiger partial charge in [-0.25, -0.2) is 0 Å². The van der Waals surface area contributed by atoms with Crippen LogP contribution in [0.4, 0.5) is 24.5 Å². The Labute approximate surface area is 163 Å². The van der Waals surface area contributed by atoms with Crippen molar-refractivity contribution in [2.75, 3.05) is 5.32 Å². The molecular weight excluding hydrogens is 385 g/mol. The van der Waals surface area contributed by atoms with Gasteiger partial charge in [0.15, 0.2) is 11.5 Å². The molecule has 4 rings (SSSR count). The van der Waals surface area contributed by atoms with Crippen LogP contribution in [0, 0.1) is 0 Å². The van der Waals surface area contributed by atoms with Crippen LogP contribution in [-0.4, -0.2) is 15.9 Å². The predicted octanol–water partition coefficient (Wildman–Crippen LogP) is 4.20. The molecule has 2 heterocycles. The van der Waals surface area contributed by atoms with E-state index < -0.39 is 11.7 Å². The van der Waals surface area contributed by atoms with E-state index in [2.05, 4.69) is 20.6 Å². The Bertz CT molecular complexity index is 1060. The van der Waals surface area contributed by atoms with Crippen LogP contribution >= 0.6 is 0 Å². The minimum atomic E-state index is -4.45. The Hall–Kier alpha value is -3.62. The van der Waals surface area contributed by atoms with Crippen molar-refractivity contribution in [3.63, 3.8) is 0 Å². The number of halogens is 3. The number of carbonyl (C=O) groups is 1. The fraction of sp³-hybridized carbons (Fsp3) is 0.150. The maximum atomic E-state index is 12.9. The summed E-state index contributed by atoms with van der Waals surface area (Å²) >= 11 is 0. The number of nitrogens with zero attached hydrogens (tertiary/aromatic N) is 2. The van der Waals surface area contributed by atoms with Crippen molar-refractivity contribution >= 4 is 17.3 Å². The van der Waals surface area contributed by atoms with Gasteiger partial charge in [0.25, 0.3) is 0 Å². The maximum absolute atomic E-state index is 12.9. The van der Waals surface area contributed by atoms with Gasteiger partial charge in [-0.05, 0) is 35.9 Å². The van der Waals surface area contributed by atoms with E-state index in [4.69, 9.17) is 4.74 Å². The molecule has 1 aliphatic rings. The number of ether oxygens (including phenoxy) is 1. The third-order valence-electron chi connectivity index (χ3n) is 4.29. The summed E-state index contributed by atoms with van der Waals surface area (Å²) in [6.45, 7) is 0.241. The van der Waals surface area contributed by atoms with E-state index in [0.717, 1.165) is 17.7 Å². The van der Waals surface area contributed by atoms with E-state index in [-0.39, 0.29) is 24.6 Å². The van der Waals surface area contributed by atoms with E-state index in [0.29, 0.717) is 22.8 Å². The molecule has 0 spiro atoms. The fourth-order valence-electron chi connectivity index (χ4n) is 2.86. The van der Waals surface area contributed by atoms with E-state index >= 15 is 0 Å². The molecule has 3 aromatic rings. The van der Waals surface area contributed by atoms with Gasteiger partial charge in [0.2, 0.25) is 5.91 Å². The number of aromatic nitrogens is 2. The fourth-order valence-corrected chi connectivity index (χ4v) is 2.86. The predicted molar refractivity (Wildman–Crippen MR) is 98.8 cm³/mol. The van der Waals surface area contributed by atoms with Crippen molar-refractivity contribution < 1.29 is 22.7 Å². The first-order chi connectivity index (χ1) is 13.9. The number of nitrogens with one attached hydrogen (secondary N) is 2. The molecule has 0 saturated carbocycles. The van der Waals surface area contributed by atoms with Gasteiger partial charge in [0.05, 0.1) is 29.1 Å². The summed E-state index contributed by atoms with van der Waals surface area (Å²) in [6, 6.07) is 8.52. The summed E-state index contributed by atoms with van der Waals surface area (Å²) in [6.07, 6.45) is 0.208. The van der Waals surface area contributed by atoms with E-state index in [1.807, 2.05) is 0 Å². The second-order valence-corrected chi connectivity index (χ2v) is 6.42. The van der Waals surface area contributed by atoms with Crippen LogP contribution in [0.15, 0.2) is 55.0 Å². The van der Waals surface area contributed by atoms with Crippen molar-refractivity contribution in [2.24, 2.45) is 0 Å². The number of benzene rings is 2. The van der Waals surface area contributed by atoms with Crippen molar-refractivity contribution in [3.05, 3.63) is 71.8 Å². The van der Waals surface area contributed by atoms with E-state index in [1.165, 1.54) is 24.7 Å². The lowest BCUT2D eigenvalue weighted by molar-refractivity contribution is -0.137. The molecule has 9 heteroatoms. The van der Waals surface area contributed by atoms with Gasteiger partial charge in [-0.1, -0.05) is 6.07 Å². The van der Waals surface area contributed by atoms with Crippen LogP contribution in [0.25, 0.3) is 0 Å². The lowest BCUT2D eigenvalue weighted by Gasteiger charge is -2.23. The Morgan fingerprint density at radius 3 is 2.55 bits per heavy atom. The second-order valence-electron chi connectivity index (χ2n) is 6.42. The molecule has 6 nitrogen and oxygen atoms in total. The summed E-state index contributed by atoms with van der Waals surface area (Å²) < 4.78 is 44.4. The van der Waals surface area contributed by atoms with Crippen molar-refractivity contribution in [2.45, 2.75) is 19.1 Å². The lowest BCUT2D eigenvalue weighted by atomic mass is 10.1. The van der Waals surface area contributed by atoms with Crippen molar-refractivity contribution in [1.29, 1.82) is 0 Å². The molecule has 1 amide bonds. The Kier molecular flexibility index (Phi) is 4.79. The Morgan fingerprint density at radius 2 is 1.83 bits per heavy atom. The van der Waals surface area contributed by atoms with Crippen molar-refractivity contribution in [1.82, 2.24) is 15.3 Å². The third kappa shape index (κ3) is 4.29. The van der Waals surface area contributed by atoms with E-state index in [9.17, 15) is 18.0 Å². The first-order valence-corrected chi connectivity index (χ1v) is 8.69. The molecule has 148 valence electrons. The average molecular weight is 400 g/mol. The number of rotatable bonds is 4. The zero-order valence-electron chi connectivity index (χ0n) is 15.0. The topological polar surface area (TPSA) is 76.1 Å². The van der Waals surface area contributed by atoms with Gasteiger partial charge in [0.1, 0.15) is 0 Å². The first-order valence-electron chi connectivity index (χ1n) is 8.69. The molecule has 2 N–H and O–H groups in total. The van der Waals surface area contributed by atoms with Gasteiger partial charge in [-0.15, -0.1) is 0 Å². The number of hydrogen-bond donors (Lipinski definition) is 2. The van der Waals surface area contributed by atoms with Crippen LogP contribution in [0.3, 0.4) is 0 Å². The molecule has 1 aliphatic heterocycles. The molecule has 2 aromatic carbocycles. The number of anilines is 2. The summed E-state index contributed by atoms with van der Waals surface area (Å²) in [7, 11) is 0. The molecule has 0 atom stereocenters. The van der Waals surface area contributed by atoms with Gasteiger partial charge < -0.3 is 15.4 Å². The molecule has 29 heavy (non-hydrogen) atoms. The van der Waals surface area contributed by atoms with Gasteiger partial charge in [0, 0.05) is 25.1 Å². The molecule has 0 unspecified atom stereocenters. The highest BCUT2D eigenvalue weighted by Crippen LogP contribution is 2.44. The summed E-state index contributed by atoms with van der Waals surface area (Å²) in [4.78, 5) is 20.0. The molecule has 0 fully saturated rings. The van der Waals surface area contributed by atoms with Crippen LogP contribution in [0.1, 0.15) is 16.8 Å². The highest BCUT2D eigenvalue weighted by molar-refractivity contribution is 5.78. The zero-order valence-corrected chi connectivity index (χ0v) is 15.0. The summed E-state index contributed by atoms with van der Waals surface area (Å²) in [5.74, 6) is 0.260. The molecule has 0 bridgehead atoms. The number of amides is 1. The van der Waals surface area contributed by atoms with Crippen LogP contribution in [-0.2, 0) is 23.9 Å². The highest BCUT2D eigenvalue weighted by Gasteiger charge is 2.32. The number of fused-ring (bicyclic) bond motifs is 2. The molecule has 1 aromatic heterocycles. The number of carbonyl (C=O) groups excluding carboxylic acids is 1. The minimum Gasteiger partial charge on any atom is -0.453 e. The van der Waals surface area contributed by atoms with Gasteiger partial charge in [-0.2, -0.15) is 13.2 Å². The summed E-state index contributed by atoms with van der Waals surface area (Å²) in [5.41, 5.74) is 1.60. The summed E-state index contributed by atoms with van der Waals surface area (Å²) in [5, 5.41) is 5.82. The molecular formula is C20H15F3N4O2. The lowest BCUT2D eigenvalue weighted by Crippen LogP contribution is -2.25. The molecule has 0 saturated heterocycles. The van der Waals surface area contributed by atoms with Crippen molar-refractivity contribution in [3.8, 4) is 11.5 Å². The van der Waals surface area contributed by atoms with Gasteiger partial charge in [-0.3, -0.25) is 14.8 Å². The third-order valence-corrected chi connectivity index (χ3v) is 4.29. The van der Waals surface area contributed by atoms with E-state index in [1.54, 1.807) is 18.2 Å². The van der Waals surface area contributed by atoms with Crippen LogP contribution < -0.4 is 15.4 Å². The van der Waals surface area contributed by atoms with Crippen LogP contribution in [0.5, 0.6) is 11.5 Å². The smallest absolute Gasteiger partial charge is 0.416 e. The zero-order chi connectivity index (χ0) is 20.4. The minimum absolute atomic E-state index is 0.0937. The largest absolute Gasteiger partial charge is 0.453 e. The standard InChI is InChI=1S/C20H15F3N4O2/c21-20(22,23)13-2-4-16-18(8-13)29-17-7-12(1-3-15(17)27-16)10-26-19(28)9-14-11-24-5-6-25-14/h1-8,11,27H,9-10H2,(H,26,28). The molecule has 0 radical (unpaired) electrons. The SMILES string of the molecule is O=C(Cc1cnccn1)NCc1ccc2c(c1)Oc1cc(C(F)(F)F)ccc1N2. The van der Waals surface area contributed by atoms with Crippen LogP contribution in [0.2, 0.25) is 0 Å². The second kappa shape index (κ2) is 7.42. The maximum Gasteiger partial charge on any atom is 0.416 e. The average Bonchev–Trinajstić information content (AvgIpc) is 2.70. The quantitative estimate of drug-likeness (QED) is 0.537. The first kappa shape index (κ1) is 18.7. The number of alkyl halides is 3. The monoisotopic (exact) mass is 400 g/mol. The number of hydrogen-bond acceptors (Lipinski definition) is 5. The Morgan fingerprint density at radius 1 is 1.07 bits per heavy atom. The molecule has 0 aliphatic carbocycles. The Balaban J connectivity index is 1.44.